The Hall–Kier alpha value is -0.190. The third kappa shape index (κ3) is 4.69. The molecule has 0 spiro atoms. The Morgan fingerprint density at radius 2 is 2.05 bits per heavy atom. The van der Waals surface area contributed by atoms with E-state index >= 15 is 0 Å². The standard InChI is InChI=1S/C14H19ClO2S2/c15-10-12(13-7-9-19(16,17)11-13)6-8-18-14-4-2-1-3-5-14/h1-5,12-13H,6-11H2. The number of sulfone groups is 1. The molecule has 0 amide bonds. The fourth-order valence-corrected chi connectivity index (χ4v) is 5.81. The highest BCUT2D eigenvalue weighted by atomic mass is 35.5. The molecule has 0 radical (unpaired) electrons. The van der Waals surface area contributed by atoms with Crippen molar-refractivity contribution in [3.8, 4) is 0 Å². The van der Waals surface area contributed by atoms with Gasteiger partial charge in [0.15, 0.2) is 9.84 Å². The highest BCUT2D eigenvalue weighted by molar-refractivity contribution is 7.99. The maximum atomic E-state index is 11.5. The lowest BCUT2D eigenvalue weighted by atomic mass is 9.91. The molecule has 1 aliphatic rings. The zero-order valence-electron chi connectivity index (χ0n) is 10.8. The highest BCUT2D eigenvalue weighted by Gasteiger charge is 2.32. The van der Waals surface area contributed by atoms with E-state index in [2.05, 4.69) is 12.1 Å². The summed E-state index contributed by atoms with van der Waals surface area (Å²) in [5.41, 5.74) is 0. The van der Waals surface area contributed by atoms with Crippen LogP contribution >= 0.6 is 23.4 Å². The van der Waals surface area contributed by atoms with E-state index < -0.39 is 9.84 Å². The molecule has 106 valence electrons. The van der Waals surface area contributed by atoms with Crippen molar-refractivity contribution in [3.63, 3.8) is 0 Å². The summed E-state index contributed by atoms with van der Waals surface area (Å²) >= 11 is 7.83. The van der Waals surface area contributed by atoms with Crippen molar-refractivity contribution in [2.75, 3.05) is 23.1 Å². The second-order valence-corrected chi connectivity index (χ2v) is 8.73. The van der Waals surface area contributed by atoms with Crippen molar-refractivity contribution in [3.05, 3.63) is 30.3 Å². The van der Waals surface area contributed by atoms with Crippen molar-refractivity contribution in [1.82, 2.24) is 0 Å². The average Bonchev–Trinajstić information content (AvgIpc) is 2.76. The first-order valence-electron chi connectivity index (χ1n) is 6.55. The number of halogens is 1. The van der Waals surface area contributed by atoms with Gasteiger partial charge in [-0.15, -0.1) is 23.4 Å². The average molecular weight is 319 g/mol. The third-order valence-electron chi connectivity index (χ3n) is 3.63. The van der Waals surface area contributed by atoms with Crippen LogP contribution in [0.2, 0.25) is 0 Å². The van der Waals surface area contributed by atoms with Crippen LogP contribution in [0.25, 0.3) is 0 Å². The molecule has 0 aromatic heterocycles. The van der Waals surface area contributed by atoms with E-state index in [0.717, 1.165) is 18.6 Å². The molecule has 2 atom stereocenters. The SMILES string of the molecule is O=S1(=O)CCC(C(CCl)CCSc2ccccc2)C1. The molecule has 0 aliphatic carbocycles. The Morgan fingerprint density at radius 3 is 2.63 bits per heavy atom. The molecular formula is C14H19ClO2S2. The Kier molecular flexibility index (Phi) is 5.60. The minimum Gasteiger partial charge on any atom is -0.229 e. The van der Waals surface area contributed by atoms with E-state index in [4.69, 9.17) is 11.6 Å². The molecule has 2 unspecified atom stereocenters. The van der Waals surface area contributed by atoms with Gasteiger partial charge in [0.2, 0.25) is 0 Å². The fraction of sp³-hybridized carbons (Fsp3) is 0.571. The summed E-state index contributed by atoms with van der Waals surface area (Å²) in [6, 6.07) is 10.3. The fourth-order valence-electron chi connectivity index (χ4n) is 2.48. The summed E-state index contributed by atoms with van der Waals surface area (Å²) in [4.78, 5) is 1.26. The molecule has 19 heavy (non-hydrogen) atoms. The molecule has 1 aromatic rings. The van der Waals surface area contributed by atoms with Gasteiger partial charge in [-0.1, -0.05) is 18.2 Å². The van der Waals surface area contributed by atoms with Crippen LogP contribution in [0, 0.1) is 11.8 Å². The summed E-state index contributed by atoms with van der Waals surface area (Å²) in [7, 11) is -2.79. The van der Waals surface area contributed by atoms with Crippen LogP contribution < -0.4 is 0 Å². The quantitative estimate of drug-likeness (QED) is 0.595. The molecule has 5 heteroatoms. The number of hydrogen-bond acceptors (Lipinski definition) is 3. The number of rotatable bonds is 6. The molecule has 1 aromatic carbocycles. The first-order valence-corrected chi connectivity index (χ1v) is 9.89. The van der Waals surface area contributed by atoms with Crippen molar-refractivity contribution in [2.24, 2.45) is 11.8 Å². The summed E-state index contributed by atoms with van der Waals surface area (Å²) in [6.07, 6.45) is 1.78. The van der Waals surface area contributed by atoms with Gasteiger partial charge in [0.1, 0.15) is 0 Å². The van der Waals surface area contributed by atoms with E-state index in [9.17, 15) is 8.42 Å². The lowest BCUT2D eigenvalue weighted by Gasteiger charge is -2.19. The van der Waals surface area contributed by atoms with Gasteiger partial charge >= 0.3 is 0 Å². The van der Waals surface area contributed by atoms with E-state index in [-0.39, 0.29) is 5.92 Å². The molecule has 1 heterocycles. The molecule has 2 rings (SSSR count). The lowest BCUT2D eigenvalue weighted by molar-refractivity contribution is 0.392. The predicted octanol–water partition coefficient (Wildman–Crippen LogP) is 3.46. The maximum Gasteiger partial charge on any atom is 0.150 e. The molecular weight excluding hydrogens is 300 g/mol. The highest BCUT2D eigenvalue weighted by Crippen LogP contribution is 2.31. The second kappa shape index (κ2) is 7.00. The summed E-state index contributed by atoms with van der Waals surface area (Å²) < 4.78 is 23.0. The molecule has 1 saturated heterocycles. The van der Waals surface area contributed by atoms with Crippen molar-refractivity contribution in [2.45, 2.75) is 17.7 Å². The molecule has 0 N–H and O–H groups in total. The first kappa shape index (κ1) is 15.2. The van der Waals surface area contributed by atoms with Gasteiger partial charge in [-0.2, -0.15) is 0 Å². The zero-order valence-corrected chi connectivity index (χ0v) is 13.2. The van der Waals surface area contributed by atoms with Crippen LogP contribution in [0.1, 0.15) is 12.8 Å². The molecule has 0 bridgehead atoms. The van der Waals surface area contributed by atoms with Crippen molar-refractivity contribution in [1.29, 1.82) is 0 Å². The zero-order chi connectivity index (χ0) is 13.7. The van der Waals surface area contributed by atoms with Gasteiger partial charge < -0.3 is 0 Å². The monoisotopic (exact) mass is 318 g/mol. The van der Waals surface area contributed by atoms with E-state index in [1.807, 2.05) is 30.0 Å². The van der Waals surface area contributed by atoms with Crippen molar-refractivity contribution >= 4 is 33.2 Å². The van der Waals surface area contributed by atoms with Crippen molar-refractivity contribution < 1.29 is 8.42 Å². The minimum absolute atomic E-state index is 0.263. The van der Waals surface area contributed by atoms with Crippen LogP contribution in [-0.4, -0.2) is 31.6 Å². The predicted molar refractivity (Wildman–Crippen MR) is 82.8 cm³/mol. The Labute approximate surface area is 124 Å². The Bertz CT molecular complexity index is 487. The largest absolute Gasteiger partial charge is 0.229 e. The van der Waals surface area contributed by atoms with Crippen LogP contribution in [0.5, 0.6) is 0 Å². The number of thioether (sulfide) groups is 1. The van der Waals surface area contributed by atoms with Crippen LogP contribution in [0.15, 0.2) is 35.2 Å². The van der Waals surface area contributed by atoms with Gasteiger partial charge in [0, 0.05) is 10.8 Å². The summed E-state index contributed by atoms with van der Waals surface area (Å²) in [5, 5.41) is 0. The van der Waals surface area contributed by atoms with Crippen LogP contribution in [0.4, 0.5) is 0 Å². The number of benzene rings is 1. The number of hydrogen-bond donors (Lipinski definition) is 0. The lowest BCUT2D eigenvalue weighted by Crippen LogP contribution is -2.18. The molecule has 1 fully saturated rings. The second-order valence-electron chi connectivity index (χ2n) is 5.03. The number of alkyl halides is 1. The smallest absolute Gasteiger partial charge is 0.150 e. The van der Waals surface area contributed by atoms with E-state index in [0.29, 0.717) is 23.3 Å². The first-order chi connectivity index (χ1) is 9.11. The van der Waals surface area contributed by atoms with Gasteiger partial charge in [0.25, 0.3) is 0 Å². The molecule has 2 nitrogen and oxygen atoms in total. The van der Waals surface area contributed by atoms with Crippen LogP contribution in [0.3, 0.4) is 0 Å². The molecule has 0 saturated carbocycles. The summed E-state index contributed by atoms with van der Waals surface area (Å²) in [6.45, 7) is 0. The molecule has 1 aliphatic heterocycles. The van der Waals surface area contributed by atoms with Gasteiger partial charge in [-0.05, 0) is 42.6 Å². The van der Waals surface area contributed by atoms with Gasteiger partial charge in [-0.25, -0.2) is 8.42 Å². The van der Waals surface area contributed by atoms with Crippen LogP contribution in [-0.2, 0) is 9.84 Å². The topological polar surface area (TPSA) is 34.1 Å². The normalized spacial score (nSPS) is 23.3. The van der Waals surface area contributed by atoms with Gasteiger partial charge in [-0.3, -0.25) is 0 Å². The van der Waals surface area contributed by atoms with Gasteiger partial charge in [0.05, 0.1) is 11.5 Å². The third-order valence-corrected chi connectivity index (χ3v) is 6.87. The summed E-state index contributed by atoms with van der Waals surface area (Å²) in [5.74, 6) is 2.83. The van der Waals surface area contributed by atoms with E-state index in [1.54, 1.807) is 0 Å². The Balaban J connectivity index is 1.80. The Morgan fingerprint density at radius 1 is 1.32 bits per heavy atom. The maximum absolute atomic E-state index is 11.5. The minimum atomic E-state index is -2.79. The van der Waals surface area contributed by atoms with E-state index in [1.165, 1.54) is 4.90 Å².